The fourth-order valence-electron chi connectivity index (χ4n) is 3.41. The molecule has 0 spiro atoms. The Hall–Kier alpha value is -3.73. The summed E-state index contributed by atoms with van der Waals surface area (Å²) in [5.41, 5.74) is 1.30. The van der Waals surface area contributed by atoms with Gasteiger partial charge in [0.25, 0.3) is 15.9 Å². The van der Waals surface area contributed by atoms with Crippen LogP contribution in [0.2, 0.25) is 0 Å². The van der Waals surface area contributed by atoms with Gasteiger partial charge in [-0.15, -0.1) is 13.2 Å². The van der Waals surface area contributed by atoms with Crippen LogP contribution in [0.15, 0.2) is 77.7 Å². The van der Waals surface area contributed by atoms with Crippen molar-refractivity contribution < 1.29 is 35.9 Å². The number of rotatable bonds is 5. The first-order valence-electron chi connectivity index (χ1n) is 10.0. The van der Waals surface area contributed by atoms with Crippen LogP contribution in [0.25, 0.3) is 0 Å². The third-order valence-electron chi connectivity index (χ3n) is 4.96. The third kappa shape index (κ3) is 5.09. The molecule has 3 aromatic rings. The molecule has 3 aromatic carbocycles. The summed E-state index contributed by atoms with van der Waals surface area (Å²) in [5, 5.41) is 2.53. The van der Waals surface area contributed by atoms with Gasteiger partial charge < -0.3 is 14.8 Å². The van der Waals surface area contributed by atoms with E-state index in [1.807, 2.05) is 0 Å². The van der Waals surface area contributed by atoms with E-state index >= 15 is 0 Å². The van der Waals surface area contributed by atoms with Crippen LogP contribution in [0, 0.1) is 6.92 Å². The summed E-state index contributed by atoms with van der Waals surface area (Å²) >= 11 is 0. The van der Waals surface area contributed by atoms with E-state index in [0.717, 1.165) is 22.0 Å². The Kier molecular flexibility index (Phi) is 6.13. The molecule has 1 amide bonds. The van der Waals surface area contributed by atoms with E-state index in [-0.39, 0.29) is 22.9 Å². The fourth-order valence-corrected chi connectivity index (χ4v) is 4.90. The second-order valence-electron chi connectivity index (χ2n) is 7.49. The Balaban J connectivity index is 1.59. The average Bonchev–Trinajstić information content (AvgIpc) is 2.79. The highest BCUT2D eigenvalue weighted by Crippen LogP contribution is 2.38. The standard InChI is InChI=1S/C23H19F3N2O5S/c1-15-7-12-20-19(13-15)28(34(30,31)18-5-3-2-4-6-18)14-21(32-20)22(29)27-16-8-10-17(11-9-16)33-23(24,25)26/h2-13,21H,14H2,1H3,(H,27,29)/t21-/m1/s1. The van der Waals surface area contributed by atoms with E-state index in [9.17, 15) is 26.4 Å². The van der Waals surface area contributed by atoms with Crippen molar-refractivity contribution in [2.45, 2.75) is 24.3 Å². The first-order chi connectivity index (χ1) is 16.0. The van der Waals surface area contributed by atoms with E-state index in [0.29, 0.717) is 5.69 Å². The van der Waals surface area contributed by atoms with Gasteiger partial charge in [-0.2, -0.15) is 0 Å². The van der Waals surface area contributed by atoms with Gasteiger partial charge in [0.2, 0.25) is 0 Å². The van der Waals surface area contributed by atoms with Gasteiger partial charge >= 0.3 is 6.36 Å². The minimum atomic E-state index is -4.83. The Morgan fingerprint density at radius 3 is 2.38 bits per heavy atom. The molecule has 0 aromatic heterocycles. The second kappa shape index (κ2) is 8.90. The predicted octanol–water partition coefficient (Wildman–Crippen LogP) is 4.49. The molecule has 1 N–H and O–H groups in total. The van der Waals surface area contributed by atoms with Crippen LogP contribution < -0.4 is 19.1 Å². The molecule has 4 rings (SSSR count). The lowest BCUT2D eigenvalue weighted by Gasteiger charge is -2.35. The third-order valence-corrected chi connectivity index (χ3v) is 6.76. The topological polar surface area (TPSA) is 84.9 Å². The van der Waals surface area contributed by atoms with E-state index in [1.165, 1.54) is 24.3 Å². The molecule has 1 heterocycles. The summed E-state index contributed by atoms with van der Waals surface area (Å²) in [4.78, 5) is 13.0. The number of nitrogens with one attached hydrogen (secondary N) is 1. The molecule has 11 heteroatoms. The van der Waals surface area contributed by atoms with Gasteiger partial charge in [0.15, 0.2) is 6.10 Å². The maximum atomic E-state index is 13.4. The maximum Gasteiger partial charge on any atom is 0.573 e. The number of fused-ring (bicyclic) bond motifs is 1. The molecule has 0 radical (unpaired) electrons. The molecule has 0 bridgehead atoms. The molecule has 0 saturated carbocycles. The van der Waals surface area contributed by atoms with Crippen LogP contribution in [0.5, 0.6) is 11.5 Å². The van der Waals surface area contributed by atoms with Crippen LogP contribution >= 0.6 is 0 Å². The lowest BCUT2D eigenvalue weighted by molar-refractivity contribution is -0.274. The number of benzene rings is 3. The van der Waals surface area contributed by atoms with Gasteiger partial charge in [0, 0.05) is 5.69 Å². The van der Waals surface area contributed by atoms with Crippen molar-refractivity contribution in [2.75, 3.05) is 16.2 Å². The number of carbonyl (C=O) groups is 1. The summed E-state index contributed by atoms with van der Waals surface area (Å²) in [6, 6.07) is 17.3. The van der Waals surface area contributed by atoms with Crippen LogP contribution in [-0.4, -0.2) is 33.3 Å². The van der Waals surface area contributed by atoms with Gasteiger partial charge in [-0.3, -0.25) is 9.10 Å². The van der Waals surface area contributed by atoms with Crippen LogP contribution in [0.1, 0.15) is 5.56 Å². The maximum absolute atomic E-state index is 13.4. The number of nitrogens with zero attached hydrogens (tertiary/aromatic N) is 1. The molecular formula is C23H19F3N2O5S. The summed E-state index contributed by atoms with van der Waals surface area (Å²) in [5.74, 6) is -0.891. The molecule has 1 aliphatic heterocycles. The van der Waals surface area contributed by atoms with Crippen LogP contribution in [0.3, 0.4) is 0 Å². The van der Waals surface area contributed by atoms with Gasteiger partial charge in [0.05, 0.1) is 17.1 Å². The smallest absolute Gasteiger partial charge is 0.476 e. The molecule has 1 atom stereocenters. The molecule has 0 saturated heterocycles. The Labute approximate surface area is 193 Å². The van der Waals surface area contributed by atoms with Gasteiger partial charge in [-0.1, -0.05) is 24.3 Å². The number of hydrogen-bond donors (Lipinski definition) is 1. The average molecular weight is 492 g/mol. The first-order valence-corrected chi connectivity index (χ1v) is 11.5. The summed E-state index contributed by atoms with van der Waals surface area (Å²) < 4.78 is 74.5. The number of ether oxygens (including phenoxy) is 2. The lowest BCUT2D eigenvalue weighted by atomic mass is 10.1. The van der Waals surface area contributed by atoms with Gasteiger partial charge in [0.1, 0.15) is 11.5 Å². The second-order valence-corrected chi connectivity index (χ2v) is 9.35. The molecule has 0 unspecified atom stereocenters. The molecule has 0 aliphatic carbocycles. The molecule has 7 nitrogen and oxygen atoms in total. The van der Waals surface area contributed by atoms with Gasteiger partial charge in [-0.25, -0.2) is 8.42 Å². The monoisotopic (exact) mass is 492 g/mol. The molecule has 178 valence electrons. The van der Waals surface area contributed by atoms with E-state index < -0.39 is 34.1 Å². The number of sulfonamides is 1. The zero-order chi connectivity index (χ0) is 24.5. The Morgan fingerprint density at radius 1 is 1.06 bits per heavy atom. The number of halogens is 3. The minimum Gasteiger partial charge on any atom is -0.476 e. The fraction of sp³-hybridized carbons (Fsp3) is 0.174. The Bertz CT molecular complexity index is 1300. The number of hydrogen-bond acceptors (Lipinski definition) is 5. The molecule has 34 heavy (non-hydrogen) atoms. The van der Waals surface area contributed by atoms with Crippen LogP contribution in [-0.2, 0) is 14.8 Å². The highest BCUT2D eigenvalue weighted by Gasteiger charge is 2.37. The number of carbonyl (C=O) groups excluding carboxylic acids is 1. The number of anilines is 2. The van der Waals surface area contributed by atoms with E-state index in [2.05, 4.69) is 10.1 Å². The Morgan fingerprint density at radius 2 is 1.74 bits per heavy atom. The largest absolute Gasteiger partial charge is 0.573 e. The van der Waals surface area contributed by atoms with Crippen molar-refractivity contribution in [2.24, 2.45) is 0 Å². The first kappa shape index (κ1) is 23.4. The SMILES string of the molecule is Cc1ccc2c(c1)N(S(=O)(=O)c1ccccc1)C[C@H](C(=O)Nc1ccc(OC(F)(F)F)cc1)O2. The van der Waals surface area contributed by atoms with Crippen molar-refractivity contribution in [1.82, 2.24) is 0 Å². The van der Waals surface area contributed by atoms with Crippen molar-refractivity contribution >= 4 is 27.3 Å². The van der Waals surface area contributed by atoms with Crippen molar-refractivity contribution in [1.29, 1.82) is 0 Å². The number of aryl methyl sites for hydroxylation is 1. The quantitative estimate of drug-likeness (QED) is 0.568. The van der Waals surface area contributed by atoms with Crippen LogP contribution in [0.4, 0.5) is 24.5 Å². The van der Waals surface area contributed by atoms with Gasteiger partial charge in [-0.05, 0) is 61.0 Å². The summed E-state index contributed by atoms with van der Waals surface area (Å²) in [7, 11) is -4.00. The van der Waals surface area contributed by atoms with E-state index in [4.69, 9.17) is 4.74 Å². The van der Waals surface area contributed by atoms with E-state index in [1.54, 1.807) is 43.3 Å². The highest BCUT2D eigenvalue weighted by atomic mass is 32.2. The normalized spacial score (nSPS) is 15.8. The molecular weight excluding hydrogens is 473 g/mol. The number of alkyl halides is 3. The zero-order valence-corrected chi connectivity index (χ0v) is 18.6. The van der Waals surface area contributed by atoms with Crippen molar-refractivity contribution in [3.8, 4) is 11.5 Å². The van der Waals surface area contributed by atoms with Crippen molar-refractivity contribution in [3.05, 3.63) is 78.4 Å². The highest BCUT2D eigenvalue weighted by molar-refractivity contribution is 7.92. The predicted molar refractivity (Wildman–Crippen MR) is 118 cm³/mol. The lowest BCUT2D eigenvalue weighted by Crippen LogP contribution is -2.48. The molecule has 0 fully saturated rings. The van der Waals surface area contributed by atoms with Crippen molar-refractivity contribution in [3.63, 3.8) is 0 Å². The zero-order valence-electron chi connectivity index (χ0n) is 17.7. The summed E-state index contributed by atoms with van der Waals surface area (Å²) in [6.45, 7) is 1.51. The summed E-state index contributed by atoms with van der Waals surface area (Å²) in [6.07, 6.45) is -6.04. The number of amides is 1. The minimum absolute atomic E-state index is 0.0590. The molecule has 1 aliphatic rings.